The Labute approximate surface area is 174 Å². The molecular weight excluding hydrogens is 378 g/mol. The number of aromatic nitrogens is 4. The van der Waals surface area contributed by atoms with E-state index < -0.39 is 0 Å². The van der Waals surface area contributed by atoms with Crippen LogP contribution in [0.1, 0.15) is 67.4 Å². The molecule has 2 bridgehead atoms. The van der Waals surface area contributed by atoms with Gasteiger partial charge in [-0.1, -0.05) is 13.8 Å². The summed E-state index contributed by atoms with van der Waals surface area (Å²) >= 11 is 2.02. The summed E-state index contributed by atoms with van der Waals surface area (Å²) in [5.41, 5.74) is 7.24. The van der Waals surface area contributed by atoms with Crippen LogP contribution in [0, 0.1) is 6.92 Å². The molecule has 6 rings (SSSR count). The molecule has 4 aromatic heterocycles. The van der Waals surface area contributed by atoms with E-state index in [0.717, 1.165) is 29.2 Å². The first-order valence-corrected chi connectivity index (χ1v) is 11.6. The fourth-order valence-electron chi connectivity index (χ4n) is 5.52. The van der Waals surface area contributed by atoms with Gasteiger partial charge in [-0.25, -0.2) is 9.50 Å². The molecule has 150 valence electrons. The first-order chi connectivity index (χ1) is 14.1. The molecule has 0 aliphatic carbocycles. The number of pyridine rings is 1. The molecule has 6 heterocycles. The maximum absolute atomic E-state index is 4.37. The van der Waals surface area contributed by atoms with Crippen molar-refractivity contribution in [1.29, 1.82) is 0 Å². The fraction of sp³-hybridized carbons (Fsp3) is 0.478. The summed E-state index contributed by atoms with van der Waals surface area (Å²) in [6.07, 6.45) is 9.03. The van der Waals surface area contributed by atoms with Crippen LogP contribution >= 0.6 is 11.3 Å². The van der Waals surface area contributed by atoms with E-state index in [4.69, 9.17) is 0 Å². The second-order valence-electron chi connectivity index (χ2n) is 9.21. The predicted molar refractivity (Wildman–Crippen MR) is 119 cm³/mol. The van der Waals surface area contributed by atoms with Gasteiger partial charge in [-0.3, -0.25) is 0 Å². The lowest BCUT2D eigenvalue weighted by Crippen LogP contribution is -2.36. The van der Waals surface area contributed by atoms with Crippen molar-refractivity contribution in [3.8, 4) is 11.3 Å². The number of nitrogens with one attached hydrogen (secondary N) is 2. The Bertz CT molecular complexity index is 1200. The van der Waals surface area contributed by atoms with Crippen LogP contribution in [0.2, 0.25) is 0 Å². The zero-order valence-electron chi connectivity index (χ0n) is 17.2. The van der Waals surface area contributed by atoms with Crippen LogP contribution in [-0.2, 0) is 0 Å². The number of nitrogens with zero attached hydrogens (tertiary/aromatic N) is 3. The number of hydrogen-bond acceptors (Lipinski definition) is 4. The number of rotatable bonds is 3. The summed E-state index contributed by atoms with van der Waals surface area (Å²) in [6, 6.07) is 6.14. The molecule has 29 heavy (non-hydrogen) atoms. The van der Waals surface area contributed by atoms with Crippen molar-refractivity contribution in [2.24, 2.45) is 0 Å². The Morgan fingerprint density at radius 1 is 1.17 bits per heavy atom. The summed E-state index contributed by atoms with van der Waals surface area (Å²) in [7, 11) is 0. The van der Waals surface area contributed by atoms with Gasteiger partial charge in [-0.05, 0) is 67.7 Å². The molecule has 5 nitrogen and oxygen atoms in total. The fourth-order valence-corrected chi connectivity index (χ4v) is 6.96. The third-order valence-electron chi connectivity index (χ3n) is 6.83. The molecule has 2 saturated heterocycles. The van der Waals surface area contributed by atoms with Crippen molar-refractivity contribution >= 4 is 27.2 Å². The molecule has 0 saturated carbocycles. The van der Waals surface area contributed by atoms with E-state index in [-0.39, 0.29) is 0 Å². The predicted octanol–water partition coefficient (Wildman–Crippen LogP) is 5.37. The van der Waals surface area contributed by atoms with Gasteiger partial charge in [0.1, 0.15) is 6.33 Å². The molecule has 2 aliphatic rings. The van der Waals surface area contributed by atoms with Crippen LogP contribution in [0.3, 0.4) is 0 Å². The van der Waals surface area contributed by atoms with Gasteiger partial charge >= 0.3 is 0 Å². The normalized spacial score (nSPS) is 24.3. The number of piperidine rings is 1. The quantitative estimate of drug-likeness (QED) is 0.482. The smallest absolute Gasteiger partial charge is 0.158 e. The molecule has 4 aromatic rings. The minimum absolute atomic E-state index is 0.459. The number of aromatic amines is 1. The van der Waals surface area contributed by atoms with Gasteiger partial charge < -0.3 is 10.3 Å². The summed E-state index contributed by atoms with van der Waals surface area (Å²) in [5, 5.41) is 8.14. The lowest BCUT2D eigenvalue weighted by atomic mass is 9.91. The summed E-state index contributed by atoms with van der Waals surface area (Å²) < 4.78 is 3.33. The number of aryl methyl sites for hydroxylation is 1. The van der Waals surface area contributed by atoms with Crippen molar-refractivity contribution in [2.75, 3.05) is 0 Å². The minimum atomic E-state index is 0.459. The van der Waals surface area contributed by atoms with Gasteiger partial charge in [-0.15, -0.1) is 11.3 Å². The van der Waals surface area contributed by atoms with E-state index in [1.54, 1.807) is 11.2 Å². The van der Waals surface area contributed by atoms with Crippen molar-refractivity contribution in [1.82, 2.24) is 24.9 Å². The average Bonchev–Trinajstić information content (AvgIpc) is 3.43. The van der Waals surface area contributed by atoms with Crippen LogP contribution in [0.15, 0.2) is 24.7 Å². The van der Waals surface area contributed by atoms with Crippen LogP contribution < -0.4 is 5.32 Å². The van der Waals surface area contributed by atoms with Gasteiger partial charge in [0.25, 0.3) is 0 Å². The summed E-state index contributed by atoms with van der Waals surface area (Å²) in [4.78, 5) is 9.71. The standard InChI is InChI=1S/C23H27N5S/c1-12(2)20-21(15-6-13(3)23-24-11-25-28(23)10-15)27-18-9-19(29-22(18)20)14-7-16-4-5-17(8-14)26-16/h6,9-12,14,16-17,26-27H,4-5,7-8H2,1-3H3/t14-,16-,17+. The number of H-pyrrole nitrogens is 1. The maximum Gasteiger partial charge on any atom is 0.158 e. The molecule has 0 spiro atoms. The highest BCUT2D eigenvalue weighted by atomic mass is 32.1. The van der Waals surface area contributed by atoms with Crippen LogP contribution in [0.4, 0.5) is 0 Å². The first kappa shape index (κ1) is 17.7. The second-order valence-corrected chi connectivity index (χ2v) is 10.3. The topological polar surface area (TPSA) is 58.0 Å². The van der Waals surface area contributed by atoms with E-state index >= 15 is 0 Å². The zero-order chi connectivity index (χ0) is 19.7. The molecule has 0 radical (unpaired) electrons. The van der Waals surface area contributed by atoms with E-state index in [9.17, 15) is 0 Å². The van der Waals surface area contributed by atoms with Gasteiger partial charge in [-0.2, -0.15) is 5.10 Å². The maximum atomic E-state index is 4.37. The molecule has 0 unspecified atom stereocenters. The van der Waals surface area contributed by atoms with Crippen LogP contribution in [0.25, 0.3) is 27.1 Å². The monoisotopic (exact) mass is 405 g/mol. The zero-order valence-corrected chi connectivity index (χ0v) is 18.0. The lowest BCUT2D eigenvalue weighted by Gasteiger charge is -2.28. The van der Waals surface area contributed by atoms with Crippen LogP contribution in [0.5, 0.6) is 0 Å². The highest BCUT2D eigenvalue weighted by molar-refractivity contribution is 7.19. The molecule has 2 fully saturated rings. The number of fused-ring (bicyclic) bond motifs is 4. The van der Waals surface area contributed by atoms with Crippen molar-refractivity contribution in [3.05, 3.63) is 40.7 Å². The van der Waals surface area contributed by atoms with E-state index in [1.807, 2.05) is 15.9 Å². The number of thiophene rings is 1. The highest BCUT2D eigenvalue weighted by Crippen LogP contribution is 2.45. The lowest BCUT2D eigenvalue weighted by molar-refractivity contribution is 0.366. The van der Waals surface area contributed by atoms with Gasteiger partial charge in [0.05, 0.1) is 15.9 Å². The Balaban J connectivity index is 1.45. The molecule has 6 heteroatoms. The first-order valence-electron chi connectivity index (χ1n) is 10.8. The van der Waals surface area contributed by atoms with Gasteiger partial charge in [0, 0.05) is 28.7 Å². The SMILES string of the molecule is Cc1cc(-c2[nH]c3cc([C@@H]4C[C@H]5CC[C@@H](C4)N5)sc3c2C(C)C)cn2ncnc12. The molecule has 2 aliphatic heterocycles. The Morgan fingerprint density at radius 2 is 1.97 bits per heavy atom. The third kappa shape index (κ3) is 2.76. The van der Waals surface area contributed by atoms with E-state index in [1.165, 1.54) is 52.7 Å². The summed E-state index contributed by atoms with van der Waals surface area (Å²) in [5.74, 6) is 1.18. The van der Waals surface area contributed by atoms with E-state index in [0.29, 0.717) is 5.92 Å². The van der Waals surface area contributed by atoms with Crippen molar-refractivity contribution < 1.29 is 0 Å². The molecule has 0 amide bonds. The Morgan fingerprint density at radius 3 is 2.72 bits per heavy atom. The second kappa shape index (κ2) is 6.41. The molecule has 2 N–H and O–H groups in total. The largest absolute Gasteiger partial charge is 0.354 e. The Hall–Kier alpha value is -2.18. The summed E-state index contributed by atoms with van der Waals surface area (Å²) in [6.45, 7) is 6.71. The molecular formula is C23H27N5S. The van der Waals surface area contributed by atoms with Gasteiger partial charge in [0.15, 0.2) is 5.65 Å². The third-order valence-corrected chi connectivity index (χ3v) is 8.16. The van der Waals surface area contributed by atoms with Crippen molar-refractivity contribution in [2.45, 2.75) is 70.4 Å². The van der Waals surface area contributed by atoms with Crippen LogP contribution in [-0.4, -0.2) is 31.7 Å². The van der Waals surface area contributed by atoms with Gasteiger partial charge in [0.2, 0.25) is 0 Å². The Kier molecular flexibility index (Phi) is 3.90. The average molecular weight is 406 g/mol. The highest BCUT2D eigenvalue weighted by Gasteiger charge is 2.35. The van der Waals surface area contributed by atoms with Crippen molar-refractivity contribution in [3.63, 3.8) is 0 Å². The number of hydrogen-bond donors (Lipinski definition) is 2. The van der Waals surface area contributed by atoms with E-state index in [2.05, 4.69) is 59.5 Å². The molecule has 3 atom stereocenters. The molecule has 0 aromatic carbocycles. The minimum Gasteiger partial charge on any atom is -0.354 e.